The molecule has 1 atom stereocenters. The van der Waals surface area contributed by atoms with Gasteiger partial charge in [-0.15, -0.1) is 0 Å². The standard InChI is InChI=1S/C17H23BI2O2/c1-16(2)17(3,4)22-18(21-16)14(11-15(20)12-19)10-13-8-6-5-7-9-13/h5-9,11,14H,10,12H2,1-4H3/b15-11+. The van der Waals surface area contributed by atoms with Gasteiger partial charge in [0.2, 0.25) is 0 Å². The Bertz CT molecular complexity index is 513. The molecule has 1 aliphatic rings. The van der Waals surface area contributed by atoms with Crippen LogP contribution >= 0.6 is 45.2 Å². The molecule has 1 fully saturated rings. The summed E-state index contributed by atoms with van der Waals surface area (Å²) in [5, 5.41) is 0. The second-order valence-corrected chi connectivity index (χ2v) is 8.87. The van der Waals surface area contributed by atoms with Crippen LogP contribution in [0.3, 0.4) is 0 Å². The Kier molecular flexibility index (Phi) is 6.41. The van der Waals surface area contributed by atoms with Crippen molar-refractivity contribution in [2.24, 2.45) is 0 Å². The summed E-state index contributed by atoms with van der Waals surface area (Å²) in [6, 6.07) is 10.6. The Morgan fingerprint density at radius 2 is 1.68 bits per heavy atom. The van der Waals surface area contributed by atoms with E-state index in [1.54, 1.807) is 0 Å². The van der Waals surface area contributed by atoms with Gasteiger partial charge < -0.3 is 9.31 Å². The van der Waals surface area contributed by atoms with Crippen molar-refractivity contribution in [2.75, 3.05) is 4.43 Å². The molecule has 120 valence electrons. The van der Waals surface area contributed by atoms with Crippen LogP contribution in [-0.2, 0) is 15.7 Å². The van der Waals surface area contributed by atoms with Gasteiger partial charge in [0.15, 0.2) is 0 Å². The van der Waals surface area contributed by atoms with Crippen LogP contribution in [0, 0.1) is 0 Å². The second-order valence-electron chi connectivity index (χ2n) is 6.73. The monoisotopic (exact) mass is 524 g/mol. The average Bonchev–Trinajstić information content (AvgIpc) is 2.67. The van der Waals surface area contributed by atoms with E-state index in [0.717, 1.165) is 10.8 Å². The van der Waals surface area contributed by atoms with Gasteiger partial charge in [0, 0.05) is 10.2 Å². The lowest BCUT2D eigenvalue weighted by Crippen LogP contribution is -2.41. The zero-order valence-electron chi connectivity index (χ0n) is 13.6. The second kappa shape index (κ2) is 7.53. The molecule has 0 saturated carbocycles. The topological polar surface area (TPSA) is 18.5 Å². The molecule has 0 radical (unpaired) electrons. The van der Waals surface area contributed by atoms with Gasteiger partial charge in [-0.2, -0.15) is 0 Å². The summed E-state index contributed by atoms with van der Waals surface area (Å²) in [4.78, 5) is 0. The Morgan fingerprint density at radius 1 is 1.14 bits per heavy atom. The number of allylic oxidation sites excluding steroid dienone is 2. The van der Waals surface area contributed by atoms with Crippen molar-refractivity contribution in [3.8, 4) is 0 Å². The van der Waals surface area contributed by atoms with Gasteiger partial charge in [0.1, 0.15) is 0 Å². The summed E-state index contributed by atoms with van der Waals surface area (Å²) in [5.74, 6) is 0.227. The zero-order valence-corrected chi connectivity index (χ0v) is 17.9. The molecule has 0 aliphatic carbocycles. The van der Waals surface area contributed by atoms with E-state index in [1.807, 2.05) is 0 Å². The van der Waals surface area contributed by atoms with Crippen LogP contribution in [0.2, 0.25) is 5.82 Å². The number of hydrogen-bond acceptors (Lipinski definition) is 2. The molecule has 22 heavy (non-hydrogen) atoms. The maximum Gasteiger partial charge on any atom is 0.465 e. The summed E-state index contributed by atoms with van der Waals surface area (Å²) in [6.45, 7) is 8.44. The van der Waals surface area contributed by atoms with Crippen molar-refractivity contribution in [1.82, 2.24) is 0 Å². The van der Waals surface area contributed by atoms with E-state index in [1.165, 1.54) is 9.14 Å². The van der Waals surface area contributed by atoms with Gasteiger partial charge in [0.05, 0.1) is 11.2 Å². The third-order valence-electron chi connectivity index (χ3n) is 4.46. The smallest absolute Gasteiger partial charge is 0.403 e. The van der Waals surface area contributed by atoms with Crippen molar-refractivity contribution in [1.29, 1.82) is 0 Å². The van der Waals surface area contributed by atoms with Crippen molar-refractivity contribution in [3.05, 3.63) is 45.6 Å². The molecule has 1 aromatic rings. The molecule has 1 aromatic carbocycles. The number of hydrogen-bond donors (Lipinski definition) is 0. The first-order chi connectivity index (χ1) is 10.2. The normalized spacial score (nSPS) is 21.9. The molecule has 5 heteroatoms. The van der Waals surface area contributed by atoms with Crippen LogP contribution < -0.4 is 0 Å². The van der Waals surface area contributed by atoms with E-state index in [9.17, 15) is 0 Å². The maximum absolute atomic E-state index is 6.27. The Morgan fingerprint density at radius 3 is 2.18 bits per heavy atom. The largest absolute Gasteiger partial charge is 0.465 e. The van der Waals surface area contributed by atoms with E-state index in [4.69, 9.17) is 9.31 Å². The van der Waals surface area contributed by atoms with Gasteiger partial charge >= 0.3 is 7.12 Å². The highest BCUT2D eigenvalue weighted by Gasteiger charge is 2.53. The highest BCUT2D eigenvalue weighted by Crippen LogP contribution is 2.41. The molecular formula is C17H23BI2O2. The molecule has 1 unspecified atom stereocenters. The lowest BCUT2D eigenvalue weighted by molar-refractivity contribution is 0.00578. The summed E-state index contributed by atoms with van der Waals surface area (Å²) >= 11 is 4.81. The zero-order chi connectivity index (χ0) is 16.4. The summed E-state index contributed by atoms with van der Waals surface area (Å²) in [6.07, 6.45) is 3.24. The third kappa shape index (κ3) is 4.48. The SMILES string of the molecule is CC1(C)OB(C(/C=C(/I)CI)Cc2ccccc2)OC1(C)C. The molecule has 0 N–H and O–H groups in total. The Labute approximate surface area is 161 Å². The predicted molar refractivity (Wildman–Crippen MR) is 111 cm³/mol. The molecule has 2 nitrogen and oxygen atoms in total. The number of alkyl halides is 1. The molecular weight excluding hydrogens is 501 g/mol. The lowest BCUT2D eigenvalue weighted by atomic mass is 9.68. The quantitative estimate of drug-likeness (QED) is 0.290. The van der Waals surface area contributed by atoms with Crippen LogP contribution in [0.25, 0.3) is 0 Å². The Hall–Kier alpha value is 0.405. The van der Waals surface area contributed by atoms with Crippen molar-refractivity contribution >= 4 is 52.3 Å². The van der Waals surface area contributed by atoms with Gasteiger partial charge in [0.25, 0.3) is 0 Å². The first-order valence-electron chi connectivity index (χ1n) is 7.57. The molecule has 0 spiro atoms. The predicted octanol–water partition coefficient (Wildman–Crippen LogP) is 5.45. The molecule has 1 heterocycles. The van der Waals surface area contributed by atoms with Crippen LogP contribution in [0.5, 0.6) is 0 Å². The first kappa shape index (κ1) is 18.7. The van der Waals surface area contributed by atoms with Gasteiger partial charge in [-0.25, -0.2) is 0 Å². The van der Waals surface area contributed by atoms with Gasteiger partial charge in [-0.05, 0) is 65.8 Å². The summed E-state index contributed by atoms with van der Waals surface area (Å²) < 4.78 is 14.9. The van der Waals surface area contributed by atoms with Crippen molar-refractivity contribution in [3.63, 3.8) is 0 Å². The molecule has 0 aromatic heterocycles. The minimum atomic E-state index is -0.282. The average molecular weight is 524 g/mol. The third-order valence-corrected chi connectivity index (χ3v) is 7.48. The molecule has 0 bridgehead atoms. The maximum atomic E-state index is 6.27. The van der Waals surface area contributed by atoms with Gasteiger partial charge in [-0.3, -0.25) is 0 Å². The van der Waals surface area contributed by atoms with E-state index in [2.05, 4.69) is 109 Å². The van der Waals surface area contributed by atoms with Crippen LogP contribution in [0.4, 0.5) is 0 Å². The van der Waals surface area contributed by atoms with E-state index < -0.39 is 0 Å². The van der Waals surface area contributed by atoms with E-state index in [0.29, 0.717) is 0 Å². The van der Waals surface area contributed by atoms with Crippen LogP contribution in [0.1, 0.15) is 33.3 Å². The molecule has 1 aliphatic heterocycles. The fraction of sp³-hybridized carbons (Fsp3) is 0.529. The lowest BCUT2D eigenvalue weighted by Gasteiger charge is -2.32. The molecule has 1 saturated heterocycles. The fourth-order valence-corrected chi connectivity index (χ4v) is 3.18. The van der Waals surface area contributed by atoms with Crippen LogP contribution in [0.15, 0.2) is 40.0 Å². The first-order valence-corrected chi connectivity index (χ1v) is 10.2. The highest BCUT2D eigenvalue weighted by molar-refractivity contribution is 14.1. The fourth-order valence-electron chi connectivity index (χ4n) is 2.46. The number of benzene rings is 1. The minimum Gasteiger partial charge on any atom is -0.403 e. The van der Waals surface area contributed by atoms with E-state index >= 15 is 0 Å². The minimum absolute atomic E-state index is 0.196. The summed E-state index contributed by atoms with van der Waals surface area (Å²) in [7, 11) is -0.196. The van der Waals surface area contributed by atoms with Crippen molar-refractivity contribution in [2.45, 2.75) is 51.1 Å². The number of halogens is 2. The Balaban J connectivity index is 2.23. The molecule has 0 amide bonds. The van der Waals surface area contributed by atoms with Crippen LogP contribution in [-0.4, -0.2) is 22.7 Å². The number of rotatable bonds is 5. The molecule has 2 rings (SSSR count). The summed E-state index contributed by atoms with van der Waals surface area (Å²) in [5.41, 5.74) is 0.753. The van der Waals surface area contributed by atoms with Crippen molar-refractivity contribution < 1.29 is 9.31 Å². The van der Waals surface area contributed by atoms with Gasteiger partial charge in [-0.1, -0.05) is 59.0 Å². The van der Waals surface area contributed by atoms with E-state index in [-0.39, 0.29) is 24.1 Å². The highest BCUT2D eigenvalue weighted by atomic mass is 127.